The predicted molar refractivity (Wildman–Crippen MR) is 95.1 cm³/mol. The van der Waals surface area contributed by atoms with Gasteiger partial charge in [0.2, 0.25) is 0 Å². The van der Waals surface area contributed by atoms with Crippen LogP contribution in [0.5, 0.6) is 5.75 Å². The molecule has 0 saturated heterocycles. The molecule has 142 valence electrons. The monoisotopic (exact) mass is 386 g/mol. The Morgan fingerprint density at radius 2 is 1.82 bits per heavy atom. The molecule has 2 aromatic carbocycles. The van der Waals surface area contributed by atoms with Gasteiger partial charge in [-0.3, -0.25) is 0 Å². The Morgan fingerprint density at radius 3 is 2.54 bits per heavy atom. The van der Waals surface area contributed by atoms with Crippen molar-refractivity contribution in [2.24, 2.45) is 5.16 Å². The van der Waals surface area contributed by atoms with Crippen molar-refractivity contribution in [3.05, 3.63) is 71.4 Å². The molecule has 0 radical (unpaired) electrons. The lowest BCUT2D eigenvalue weighted by atomic mass is 10.1. The molecule has 1 N–H and O–H groups in total. The van der Waals surface area contributed by atoms with Gasteiger partial charge in [-0.2, -0.15) is 13.2 Å². The Morgan fingerprint density at radius 1 is 1.11 bits per heavy atom. The van der Waals surface area contributed by atoms with Crippen LogP contribution in [0.1, 0.15) is 16.8 Å². The third kappa shape index (κ3) is 4.32. The highest BCUT2D eigenvalue weighted by atomic mass is 19.4. The van der Waals surface area contributed by atoms with Crippen molar-refractivity contribution in [3.63, 3.8) is 0 Å². The highest BCUT2D eigenvalue weighted by Gasteiger charge is 2.40. The maximum absolute atomic E-state index is 13.5. The second kappa shape index (κ2) is 8.31. The fourth-order valence-corrected chi connectivity index (χ4v) is 2.44. The Bertz CT molecular complexity index is 1030. The van der Waals surface area contributed by atoms with Gasteiger partial charge in [0, 0.05) is 11.1 Å². The zero-order chi connectivity index (χ0) is 20.0. The summed E-state index contributed by atoms with van der Waals surface area (Å²) in [5.41, 5.74) is -0.793. The molecule has 0 amide bonds. The molecule has 0 atom stereocenters. The van der Waals surface area contributed by atoms with Crippen molar-refractivity contribution in [2.45, 2.75) is 6.18 Å². The number of oxime groups is 1. The number of nitrogens with zero attached hydrogens (tertiary/aromatic N) is 2. The van der Waals surface area contributed by atoms with Gasteiger partial charge >= 0.3 is 6.18 Å². The van der Waals surface area contributed by atoms with E-state index < -0.39 is 17.4 Å². The van der Waals surface area contributed by atoms with Gasteiger partial charge in [-0.15, -0.1) is 0 Å². The summed E-state index contributed by atoms with van der Waals surface area (Å²) in [5, 5.41) is 15.0. The summed E-state index contributed by atoms with van der Waals surface area (Å²) < 4.78 is 50.8. The number of halogens is 3. The average Bonchev–Trinajstić information content (AvgIpc) is 3.12. The minimum atomic E-state index is -4.68. The maximum Gasteiger partial charge on any atom is 0.422 e. The van der Waals surface area contributed by atoms with E-state index in [9.17, 15) is 13.2 Å². The Kier molecular flexibility index (Phi) is 5.65. The van der Waals surface area contributed by atoms with E-state index in [-0.39, 0.29) is 17.9 Å². The lowest BCUT2D eigenvalue weighted by molar-refractivity contribution is -0.137. The molecule has 0 bridgehead atoms. The number of aromatic nitrogens is 1. The zero-order valence-corrected chi connectivity index (χ0v) is 14.3. The minimum absolute atomic E-state index is 0.193. The number of hydrogen-bond acceptors (Lipinski definition) is 5. The molecule has 28 heavy (non-hydrogen) atoms. The van der Waals surface area contributed by atoms with Gasteiger partial charge in [0.15, 0.2) is 11.5 Å². The lowest BCUT2D eigenvalue weighted by Gasteiger charge is -2.06. The van der Waals surface area contributed by atoms with Crippen LogP contribution in [-0.2, 0) is 6.18 Å². The third-order valence-corrected chi connectivity index (χ3v) is 3.63. The van der Waals surface area contributed by atoms with Crippen molar-refractivity contribution >= 4 is 6.21 Å². The van der Waals surface area contributed by atoms with Gasteiger partial charge < -0.3 is 14.5 Å². The Labute approximate surface area is 158 Å². The Balaban J connectivity index is 1.84. The summed E-state index contributed by atoms with van der Waals surface area (Å²) in [6.07, 6.45) is -3.51. The molecule has 0 unspecified atom stereocenters. The minimum Gasteiger partial charge on any atom is -0.480 e. The van der Waals surface area contributed by atoms with E-state index in [1.807, 2.05) is 0 Å². The molecule has 5 nitrogen and oxygen atoms in total. The fourth-order valence-electron chi connectivity index (χ4n) is 2.44. The second-order valence-electron chi connectivity index (χ2n) is 5.47. The molecule has 0 saturated carbocycles. The van der Waals surface area contributed by atoms with Gasteiger partial charge in [-0.1, -0.05) is 58.7 Å². The maximum atomic E-state index is 13.5. The van der Waals surface area contributed by atoms with Crippen molar-refractivity contribution in [1.82, 2.24) is 5.16 Å². The largest absolute Gasteiger partial charge is 0.480 e. The second-order valence-corrected chi connectivity index (χ2v) is 5.47. The van der Waals surface area contributed by atoms with E-state index in [1.165, 1.54) is 18.3 Å². The van der Waals surface area contributed by atoms with Crippen LogP contribution in [0.3, 0.4) is 0 Å². The lowest BCUT2D eigenvalue weighted by Crippen LogP contribution is -2.08. The van der Waals surface area contributed by atoms with Crippen LogP contribution in [0.25, 0.3) is 11.3 Å². The molecule has 1 aromatic heterocycles. The quantitative estimate of drug-likeness (QED) is 0.308. The first-order valence-electron chi connectivity index (χ1n) is 8.01. The van der Waals surface area contributed by atoms with E-state index >= 15 is 0 Å². The van der Waals surface area contributed by atoms with E-state index in [4.69, 9.17) is 14.5 Å². The molecule has 0 aliphatic heterocycles. The van der Waals surface area contributed by atoms with Gasteiger partial charge in [0.1, 0.15) is 17.9 Å². The molecule has 0 aliphatic carbocycles. The summed E-state index contributed by atoms with van der Waals surface area (Å²) in [7, 11) is 0. The molecule has 1 heterocycles. The molecular weight excluding hydrogens is 373 g/mol. The number of alkyl halides is 3. The first-order chi connectivity index (χ1) is 13.5. The van der Waals surface area contributed by atoms with Crippen molar-refractivity contribution in [1.29, 1.82) is 0 Å². The van der Waals surface area contributed by atoms with Gasteiger partial charge in [-0.05, 0) is 18.1 Å². The summed E-state index contributed by atoms with van der Waals surface area (Å²) >= 11 is 0. The number of hydrogen-bond donors (Lipinski definition) is 1. The van der Waals surface area contributed by atoms with E-state index in [0.717, 1.165) is 0 Å². The standard InChI is InChI=1S/C20H13F3N2O3/c21-20(22,23)18-16(25-28-19(18)14-7-2-1-3-8-14)10-6-12-27-17-11-5-4-9-15(17)13-24-26/h1-5,7-9,11,13,26H,12H2. The highest BCUT2D eigenvalue weighted by molar-refractivity contribution is 5.82. The number of benzene rings is 2. The summed E-state index contributed by atoms with van der Waals surface area (Å²) in [4.78, 5) is 0. The summed E-state index contributed by atoms with van der Waals surface area (Å²) in [6, 6.07) is 14.6. The van der Waals surface area contributed by atoms with Crippen molar-refractivity contribution < 1.29 is 27.6 Å². The molecule has 8 heteroatoms. The van der Waals surface area contributed by atoms with Gasteiger partial charge in [0.25, 0.3) is 0 Å². The van der Waals surface area contributed by atoms with Crippen LogP contribution in [0.4, 0.5) is 13.2 Å². The van der Waals surface area contributed by atoms with E-state index in [0.29, 0.717) is 11.3 Å². The smallest absolute Gasteiger partial charge is 0.422 e. The van der Waals surface area contributed by atoms with Crippen LogP contribution >= 0.6 is 0 Å². The Hall–Kier alpha value is -3.73. The molecule has 0 aliphatic rings. The van der Waals surface area contributed by atoms with Crippen LogP contribution < -0.4 is 4.74 Å². The van der Waals surface area contributed by atoms with Crippen LogP contribution in [0.15, 0.2) is 64.3 Å². The first-order valence-corrected chi connectivity index (χ1v) is 8.01. The summed E-state index contributed by atoms with van der Waals surface area (Å²) in [5.74, 6) is 4.83. The SMILES string of the molecule is ON=Cc1ccccc1OCC#Cc1noc(-c2ccccc2)c1C(F)(F)F. The van der Waals surface area contributed by atoms with Crippen LogP contribution in [0, 0.1) is 11.8 Å². The van der Waals surface area contributed by atoms with Crippen LogP contribution in [-0.4, -0.2) is 23.2 Å². The fraction of sp³-hybridized carbons (Fsp3) is 0.100. The van der Waals surface area contributed by atoms with E-state index in [1.54, 1.807) is 42.5 Å². The topological polar surface area (TPSA) is 67.9 Å². The van der Waals surface area contributed by atoms with Crippen molar-refractivity contribution in [2.75, 3.05) is 6.61 Å². The van der Waals surface area contributed by atoms with Crippen molar-refractivity contribution in [3.8, 4) is 28.9 Å². The molecular formula is C20H13F3N2O3. The molecule has 3 rings (SSSR count). The summed E-state index contributed by atoms with van der Waals surface area (Å²) in [6.45, 7) is -0.193. The highest BCUT2D eigenvalue weighted by Crippen LogP contribution is 2.39. The number of para-hydroxylation sites is 1. The average molecular weight is 386 g/mol. The zero-order valence-electron chi connectivity index (χ0n) is 14.3. The predicted octanol–water partition coefficient (Wildman–Crippen LogP) is 4.60. The van der Waals surface area contributed by atoms with E-state index in [2.05, 4.69) is 22.2 Å². The van der Waals surface area contributed by atoms with Gasteiger partial charge in [0.05, 0.1) is 6.21 Å². The number of ether oxygens (including phenoxy) is 1. The van der Waals surface area contributed by atoms with Crippen LogP contribution in [0.2, 0.25) is 0 Å². The normalized spacial score (nSPS) is 11.2. The third-order valence-electron chi connectivity index (χ3n) is 3.63. The molecule has 3 aromatic rings. The molecule has 0 fully saturated rings. The van der Waals surface area contributed by atoms with Gasteiger partial charge in [-0.25, -0.2) is 0 Å². The molecule has 0 spiro atoms. The first kappa shape index (κ1) is 19.0. The number of rotatable bonds is 4.